The molecule has 4 aromatic rings. The number of H-pyrrole nitrogens is 1. The lowest BCUT2D eigenvalue weighted by molar-refractivity contribution is -0.127. The number of anilines is 2. The second kappa shape index (κ2) is 5.70. The molecule has 1 aromatic carbocycles. The lowest BCUT2D eigenvalue weighted by Crippen LogP contribution is -2.12. The van der Waals surface area contributed by atoms with E-state index in [0.29, 0.717) is 22.2 Å². The second-order valence-corrected chi connectivity index (χ2v) is 6.09. The van der Waals surface area contributed by atoms with Crippen molar-refractivity contribution in [2.24, 2.45) is 0 Å². The van der Waals surface area contributed by atoms with Crippen LogP contribution in [0.5, 0.6) is 0 Å². The van der Waals surface area contributed by atoms with E-state index < -0.39 is 12.6 Å². The lowest BCUT2D eigenvalue weighted by Gasteiger charge is -2.10. The molecule has 0 atom stereocenters. The first-order valence-corrected chi connectivity index (χ1v) is 7.84. The van der Waals surface area contributed by atoms with E-state index in [1.54, 1.807) is 28.9 Å². The Balaban J connectivity index is 1.73. The Kier molecular flexibility index (Phi) is 3.61. The molecule has 0 aliphatic heterocycles. The molecular weight excluding hydrogens is 353 g/mol. The van der Waals surface area contributed by atoms with Crippen LogP contribution >= 0.6 is 11.6 Å². The molecule has 4 nitrogen and oxygen atoms in total. The van der Waals surface area contributed by atoms with E-state index in [0.717, 1.165) is 10.9 Å². The Bertz CT molecular complexity index is 1060. The van der Waals surface area contributed by atoms with Crippen LogP contribution in [0.2, 0.25) is 5.02 Å². The van der Waals surface area contributed by atoms with Gasteiger partial charge in [0.1, 0.15) is 0 Å². The van der Waals surface area contributed by atoms with Crippen molar-refractivity contribution in [3.63, 3.8) is 0 Å². The van der Waals surface area contributed by atoms with Gasteiger partial charge in [-0.05, 0) is 29.8 Å². The van der Waals surface area contributed by atoms with E-state index in [-0.39, 0.29) is 5.56 Å². The highest BCUT2D eigenvalue weighted by Gasteiger charge is 2.28. The number of benzene rings is 1. The Morgan fingerprint density at radius 3 is 2.88 bits per heavy atom. The van der Waals surface area contributed by atoms with E-state index in [4.69, 9.17) is 11.6 Å². The van der Waals surface area contributed by atoms with Crippen LogP contribution in [0.15, 0.2) is 48.9 Å². The number of fused-ring (bicyclic) bond motifs is 2. The Labute approximate surface area is 145 Å². The average Bonchev–Trinajstić information content (AvgIpc) is 3.14. The van der Waals surface area contributed by atoms with Gasteiger partial charge in [-0.25, -0.2) is 4.98 Å². The van der Waals surface area contributed by atoms with E-state index in [1.165, 1.54) is 12.3 Å². The summed E-state index contributed by atoms with van der Waals surface area (Å²) in [6, 6.07) is 8.51. The topological polar surface area (TPSA) is 45.1 Å². The summed E-state index contributed by atoms with van der Waals surface area (Å²) >= 11 is 6.25. The maximum absolute atomic E-state index is 12.7. The molecule has 0 spiro atoms. The van der Waals surface area contributed by atoms with Crippen LogP contribution in [0.25, 0.3) is 16.4 Å². The van der Waals surface area contributed by atoms with Gasteiger partial charge >= 0.3 is 6.18 Å². The number of rotatable bonds is 3. The third-order valence-electron chi connectivity index (χ3n) is 3.92. The highest BCUT2D eigenvalue weighted by molar-refractivity contribution is 6.35. The van der Waals surface area contributed by atoms with Crippen LogP contribution in [-0.4, -0.2) is 20.5 Å². The molecule has 3 aromatic heterocycles. The van der Waals surface area contributed by atoms with Gasteiger partial charge in [0, 0.05) is 29.0 Å². The van der Waals surface area contributed by atoms with E-state index in [1.807, 2.05) is 12.1 Å². The molecule has 128 valence electrons. The molecule has 0 aliphatic rings. The largest absolute Gasteiger partial charge is 0.393 e. The standard InChI is InChI=1S/C17H12ClF3N4/c18-13-6-11(7-14-12(13)3-4-22-14)24-16-23-9-15-10(8-17(19,20)21)2-1-5-25(15)16/h1-7,9,22H,8H2,(H,23,24). The number of hydrogen-bond donors (Lipinski definition) is 2. The number of pyridine rings is 1. The van der Waals surface area contributed by atoms with Gasteiger partial charge in [0.25, 0.3) is 0 Å². The summed E-state index contributed by atoms with van der Waals surface area (Å²) in [4.78, 5) is 7.29. The summed E-state index contributed by atoms with van der Waals surface area (Å²) in [6.45, 7) is 0. The summed E-state index contributed by atoms with van der Waals surface area (Å²) in [7, 11) is 0. The Morgan fingerprint density at radius 2 is 2.08 bits per heavy atom. The van der Waals surface area contributed by atoms with Gasteiger partial charge in [-0.15, -0.1) is 0 Å². The van der Waals surface area contributed by atoms with Crippen molar-refractivity contribution >= 4 is 39.7 Å². The molecule has 0 radical (unpaired) electrons. The summed E-state index contributed by atoms with van der Waals surface area (Å²) in [5.74, 6) is 0.418. The zero-order chi connectivity index (χ0) is 17.6. The lowest BCUT2D eigenvalue weighted by atomic mass is 10.1. The van der Waals surface area contributed by atoms with Crippen LogP contribution in [0.4, 0.5) is 24.8 Å². The zero-order valence-corrected chi connectivity index (χ0v) is 13.5. The summed E-state index contributed by atoms with van der Waals surface area (Å²) in [5, 5.41) is 4.57. The van der Waals surface area contributed by atoms with Crippen molar-refractivity contribution in [2.75, 3.05) is 5.32 Å². The van der Waals surface area contributed by atoms with E-state index in [9.17, 15) is 13.2 Å². The fourth-order valence-corrected chi connectivity index (χ4v) is 3.14. The SMILES string of the molecule is FC(F)(F)Cc1cccn2c(Nc3cc(Cl)c4cc[nH]c4c3)ncc12. The fourth-order valence-electron chi connectivity index (χ4n) is 2.86. The van der Waals surface area contributed by atoms with Crippen molar-refractivity contribution in [1.29, 1.82) is 0 Å². The van der Waals surface area contributed by atoms with Crippen molar-refractivity contribution in [1.82, 2.24) is 14.4 Å². The first-order valence-electron chi connectivity index (χ1n) is 7.46. The number of alkyl halides is 3. The third kappa shape index (κ3) is 3.02. The van der Waals surface area contributed by atoms with Crippen LogP contribution in [0.3, 0.4) is 0 Å². The minimum absolute atomic E-state index is 0.174. The summed E-state index contributed by atoms with van der Waals surface area (Å²) < 4.78 is 39.8. The molecule has 0 saturated heterocycles. The minimum Gasteiger partial charge on any atom is -0.361 e. The van der Waals surface area contributed by atoms with Crippen LogP contribution in [-0.2, 0) is 6.42 Å². The molecule has 0 bridgehead atoms. The molecule has 0 amide bonds. The predicted octanol–water partition coefficient (Wildman–Crippen LogP) is 5.32. The first-order chi connectivity index (χ1) is 11.9. The quantitative estimate of drug-likeness (QED) is 0.517. The smallest absolute Gasteiger partial charge is 0.361 e. The maximum Gasteiger partial charge on any atom is 0.393 e. The van der Waals surface area contributed by atoms with Crippen LogP contribution in [0, 0.1) is 0 Å². The first kappa shape index (κ1) is 15.8. The van der Waals surface area contributed by atoms with Gasteiger partial charge < -0.3 is 10.3 Å². The van der Waals surface area contributed by atoms with Crippen LogP contribution in [0.1, 0.15) is 5.56 Å². The molecule has 0 saturated carbocycles. The highest BCUT2D eigenvalue weighted by Crippen LogP contribution is 2.30. The number of aromatic nitrogens is 3. The van der Waals surface area contributed by atoms with Gasteiger partial charge in [-0.1, -0.05) is 17.7 Å². The predicted molar refractivity (Wildman–Crippen MR) is 91.5 cm³/mol. The molecule has 25 heavy (non-hydrogen) atoms. The maximum atomic E-state index is 12.7. The zero-order valence-electron chi connectivity index (χ0n) is 12.7. The molecule has 2 N–H and O–H groups in total. The van der Waals surface area contributed by atoms with E-state index in [2.05, 4.69) is 15.3 Å². The minimum atomic E-state index is -4.27. The second-order valence-electron chi connectivity index (χ2n) is 5.68. The van der Waals surface area contributed by atoms with Gasteiger partial charge in [-0.2, -0.15) is 13.2 Å². The molecule has 0 fully saturated rings. The van der Waals surface area contributed by atoms with Gasteiger partial charge in [-0.3, -0.25) is 4.40 Å². The monoisotopic (exact) mass is 364 g/mol. The van der Waals surface area contributed by atoms with Crippen molar-refractivity contribution < 1.29 is 13.2 Å². The van der Waals surface area contributed by atoms with Gasteiger partial charge in [0.2, 0.25) is 5.95 Å². The van der Waals surface area contributed by atoms with Crippen molar-refractivity contribution in [3.05, 3.63) is 59.5 Å². The number of imidazole rings is 1. The van der Waals surface area contributed by atoms with Crippen molar-refractivity contribution in [2.45, 2.75) is 12.6 Å². The highest BCUT2D eigenvalue weighted by atomic mass is 35.5. The number of halogens is 4. The van der Waals surface area contributed by atoms with Gasteiger partial charge in [0.15, 0.2) is 0 Å². The summed E-state index contributed by atoms with van der Waals surface area (Å²) in [5.41, 5.74) is 2.13. The normalized spacial score (nSPS) is 12.2. The molecule has 3 heterocycles. The summed E-state index contributed by atoms with van der Waals surface area (Å²) in [6.07, 6.45) is -0.388. The number of aromatic amines is 1. The van der Waals surface area contributed by atoms with Gasteiger partial charge in [0.05, 0.1) is 23.2 Å². The molecule has 8 heteroatoms. The van der Waals surface area contributed by atoms with Crippen LogP contribution < -0.4 is 5.32 Å². The molecule has 0 unspecified atom stereocenters. The Hall–Kier alpha value is -2.67. The van der Waals surface area contributed by atoms with E-state index >= 15 is 0 Å². The molecule has 4 rings (SSSR count). The number of hydrogen-bond acceptors (Lipinski definition) is 2. The fraction of sp³-hybridized carbons (Fsp3) is 0.118. The Morgan fingerprint density at radius 1 is 1.24 bits per heavy atom. The average molecular weight is 365 g/mol. The van der Waals surface area contributed by atoms with Crippen molar-refractivity contribution in [3.8, 4) is 0 Å². The number of nitrogens with one attached hydrogen (secondary N) is 2. The molecule has 0 aliphatic carbocycles. The molecular formula is C17H12ClF3N4. The number of nitrogens with zero attached hydrogens (tertiary/aromatic N) is 2. The third-order valence-corrected chi connectivity index (χ3v) is 4.24.